The Balaban J connectivity index is 1.75. The van der Waals surface area contributed by atoms with Gasteiger partial charge in [0.1, 0.15) is 13.7 Å². The standard InChI is InChI=1S/C17H18BClN4O/c18-13-10-21-23-16(20-9-11-4-3-7-24-11)8-15(22-17(13)23)12-5-1-2-6-14(12)19/h1-2,5-6,8,10-11,20H,3-4,7,9,18H2/t11-/m0/s1. The van der Waals surface area contributed by atoms with E-state index in [0.717, 1.165) is 54.2 Å². The third-order valence-electron chi connectivity index (χ3n) is 4.33. The van der Waals surface area contributed by atoms with E-state index in [1.807, 2.05) is 48.9 Å². The lowest BCUT2D eigenvalue weighted by molar-refractivity contribution is 0.120. The molecule has 2 aromatic heterocycles. The van der Waals surface area contributed by atoms with Crippen molar-refractivity contribution in [3.05, 3.63) is 41.6 Å². The van der Waals surface area contributed by atoms with E-state index in [1.54, 1.807) is 0 Å². The zero-order chi connectivity index (χ0) is 16.5. The average Bonchev–Trinajstić information content (AvgIpc) is 3.23. The minimum absolute atomic E-state index is 0.258. The van der Waals surface area contributed by atoms with Crippen molar-refractivity contribution in [1.29, 1.82) is 0 Å². The number of hydrogen-bond acceptors (Lipinski definition) is 4. The van der Waals surface area contributed by atoms with Crippen molar-refractivity contribution in [2.75, 3.05) is 18.5 Å². The Morgan fingerprint density at radius 3 is 3.04 bits per heavy atom. The molecule has 1 aliphatic heterocycles. The van der Waals surface area contributed by atoms with Crippen LogP contribution in [0.15, 0.2) is 36.5 Å². The molecular weight excluding hydrogens is 322 g/mol. The van der Waals surface area contributed by atoms with Crippen molar-refractivity contribution >= 4 is 36.4 Å². The molecule has 7 heteroatoms. The fraction of sp³-hybridized carbons (Fsp3) is 0.294. The molecule has 0 bridgehead atoms. The maximum absolute atomic E-state index is 6.35. The number of fused-ring (bicyclic) bond motifs is 1. The lowest BCUT2D eigenvalue weighted by Crippen LogP contribution is -2.20. The molecule has 5 nitrogen and oxygen atoms in total. The summed E-state index contributed by atoms with van der Waals surface area (Å²) in [6.07, 6.45) is 4.31. The Labute approximate surface area is 146 Å². The molecule has 1 aliphatic rings. The summed E-state index contributed by atoms with van der Waals surface area (Å²) in [6.45, 7) is 1.61. The van der Waals surface area contributed by atoms with Gasteiger partial charge in [-0.05, 0) is 24.4 Å². The van der Waals surface area contributed by atoms with Crippen LogP contribution in [0, 0.1) is 0 Å². The number of anilines is 1. The van der Waals surface area contributed by atoms with E-state index >= 15 is 0 Å². The predicted molar refractivity (Wildman–Crippen MR) is 99.1 cm³/mol. The van der Waals surface area contributed by atoms with Crippen LogP contribution in [0.4, 0.5) is 5.82 Å². The molecule has 24 heavy (non-hydrogen) atoms. The van der Waals surface area contributed by atoms with Gasteiger partial charge in [-0.1, -0.05) is 29.8 Å². The molecule has 1 fully saturated rings. The summed E-state index contributed by atoms with van der Waals surface area (Å²) < 4.78 is 7.53. The maximum Gasteiger partial charge on any atom is 0.151 e. The number of halogens is 1. The highest BCUT2D eigenvalue weighted by molar-refractivity contribution is 6.36. The molecule has 4 rings (SSSR count). The van der Waals surface area contributed by atoms with Crippen LogP contribution in [-0.4, -0.2) is 41.7 Å². The van der Waals surface area contributed by atoms with Crippen LogP contribution in [0.25, 0.3) is 16.9 Å². The van der Waals surface area contributed by atoms with Crippen molar-refractivity contribution in [3.63, 3.8) is 0 Å². The van der Waals surface area contributed by atoms with Gasteiger partial charge in [0.05, 0.1) is 11.8 Å². The molecule has 1 aromatic carbocycles. The fourth-order valence-corrected chi connectivity index (χ4v) is 3.26. The van der Waals surface area contributed by atoms with Gasteiger partial charge in [-0.15, -0.1) is 0 Å². The van der Waals surface area contributed by atoms with Crippen molar-refractivity contribution in [3.8, 4) is 11.3 Å². The molecule has 122 valence electrons. The molecule has 0 spiro atoms. The summed E-state index contributed by atoms with van der Waals surface area (Å²) in [4.78, 5) is 4.75. The minimum Gasteiger partial charge on any atom is -0.376 e. The van der Waals surface area contributed by atoms with Gasteiger partial charge < -0.3 is 10.1 Å². The molecule has 1 atom stereocenters. The first-order valence-electron chi connectivity index (χ1n) is 8.18. The van der Waals surface area contributed by atoms with Gasteiger partial charge >= 0.3 is 0 Å². The number of rotatable bonds is 4. The summed E-state index contributed by atoms with van der Waals surface area (Å²) in [5.41, 5.74) is 3.63. The maximum atomic E-state index is 6.35. The Hall–Kier alpha value is -2.05. The molecule has 3 aromatic rings. The smallest absolute Gasteiger partial charge is 0.151 e. The van der Waals surface area contributed by atoms with E-state index in [9.17, 15) is 0 Å². The largest absolute Gasteiger partial charge is 0.376 e. The van der Waals surface area contributed by atoms with Crippen LogP contribution in [-0.2, 0) is 4.74 Å². The first-order chi connectivity index (χ1) is 11.7. The Morgan fingerprint density at radius 2 is 2.25 bits per heavy atom. The molecule has 1 saturated heterocycles. The molecule has 0 unspecified atom stereocenters. The SMILES string of the molecule is Bc1cnn2c(NC[C@@H]3CCCO3)cc(-c3ccccc3Cl)nc12. The average molecular weight is 341 g/mol. The van der Waals surface area contributed by atoms with Crippen LogP contribution in [0.3, 0.4) is 0 Å². The highest BCUT2D eigenvalue weighted by Gasteiger charge is 2.17. The third-order valence-corrected chi connectivity index (χ3v) is 4.66. The minimum atomic E-state index is 0.258. The van der Waals surface area contributed by atoms with Crippen molar-refractivity contribution < 1.29 is 4.74 Å². The molecule has 0 saturated carbocycles. The number of hydrogen-bond donors (Lipinski definition) is 1. The topological polar surface area (TPSA) is 51.5 Å². The van der Waals surface area contributed by atoms with Gasteiger partial charge in [0, 0.05) is 36.0 Å². The van der Waals surface area contributed by atoms with E-state index in [-0.39, 0.29) is 6.10 Å². The lowest BCUT2D eigenvalue weighted by Gasteiger charge is -2.14. The van der Waals surface area contributed by atoms with Gasteiger partial charge in [0.15, 0.2) is 5.65 Å². The number of ether oxygens (including phenoxy) is 1. The summed E-state index contributed by atoms with van der Waals surface area (Å²) in [5.74, 6) is 0.901. The van der Waals surface area contributed by atoms with Crippen LogP contribution < -0.4 is 10.8 Å². The second-order valence-corrected chi connectivity index (χ2v) is 6.49. The van der Waals surface area contributed by atoms with E-state index in [4.69, 9.17) is 21.3 Å². The van der Waals surface area contributed by atoms with Crippen LogP contribution in [0.5, 0.6) is 0 Å². The normalized spacial score (nSPS) is 17.5. The number of nitrogens with one attached hydrogen (secondary N) is 1. The number of benzene rings is 1. The van der Waals surface area contributed by atoms with E-state index in [1.165, 1.54) is 0 Å². The summed E-state index contributed by atoms with van der Waals surface area (Å²) in [7, 11) is 2.01. The monoisotopic (exact) mass is 340 g/mol. The van der Waals surface area contributed by atoms with Gasteiger partial charge in [-0.2, -0.15) is 9.61 Å². The second-order valence-electron chi connectivity index (χ2n) is 6.09. The van der Waals surface area contributed by atoms with Gasteiger partial charge in [0.2, 0.25) is 0 Å². The van der Waals surface area contributed by atoms with Crippen LogP contribution in [0.1, 0.15) is 12.8 Å². The molecule has 0 radical (unpaired) electrons. The zero-order valence-corrected chi connectivity index (χ0v) is 14.3. The van der Waals surface area contributed by atoms with Gasteiger partial charge in [-0.3, -0.25) is 0 Å². The Kier molecular flexibility index (Phi) is 4.16. The van der Waals surface area contributed by atoms with E-state index in [2.05, 4.69) is 10.4 Å². The molecule has 0 aliphatic carbocycles. The highest BCUT2D eigenvalue weighted by Crippen LogP contribution is 2.28. The molecule has 1 N–H and O–H groups in total. The molecular formula is C17H18BClN4O. The van der Waals surface area contributed by atoms with Crippen molar-refractivity contribution in [2.24, 2.45) is 0 Å². The zero-order valence-electron chi connectivity index (χ0n) is 13.5. The quantitative estimate of drug-likeness (QED) is 0.737. The number of aromatic nitrogens is 3. The number of nitrogens with zero attached hydrogens (tertiary/aromatic N) is 3. The van der Waals surface area contributed by atoms with E-state index < -0.39 is 0 Å². The molecule has 3 heterocycles. The second kappa shape index (κ2) is 6.45. The van der Waals surface area contributed by atoms with Crippen LogP contribution >= 0.6 is 11.6 Å². The van der Waals surface area contributed by atoms with Gasteiger partial charge in [0.25, 0.3) is 0 Å². The Bertz CT molecular complexity index is 876. The Morgan fingerprint density at radius 1 is 1.38 bits per heavy atom. The highest BCUT2D eigenvalue weighted by atomic mass is 35.5. The first kappa shape index (κ1) is 15.5. The van der Waals surface area contributed by atoms with E-state index in [0.29, 0.717) is 5.02 Å². The third kappa shape index (κ3) is 2.87. The first-order valence-corrected chi connectivity index (χ1v) is 8.56. The van der Waals surface area contributed by atoms with Gasteiger partial charge in [-0.25, -0.2) is 4.98 Å². The predicted octanol–water partition coefficient (Wildman–Crippen LogP) is 1.90. The van der Waals surface area contributed by atoms with Crippen LogP contribution in [0.2, 0.25) is 5.02 Å². The van der Waals surface area contributed by atoms with Crippen molar-refractivity contribution in [2.45, 2.75) is 18.9 Å². The molecule has 0 amide bonds. The fourth-order valence-electron chi connectivity index (χ4n) is 3.03. The lowest BCUT2D eigenvalue weighted by atomic mass is 10.0. The summed E-state index contributed by atoms with van der Waals surface area (Å²) >= 11 is 6.35. The van der Waals surface area contributed by atoms with Crippen molar-refractivity contribution in [1.82, 2.24) is 14.6 Å². The summed E-state index contributed by atoms with van der Waals surface area (Å²) in [6, 6.07) is 9.75. The summed E-state index contributed by atoms with van der Waals surface area (Å²) in [5, 5.41) is 8.59.